The van der Waals surface area contributed by atoms with Gasteiger partial charge in [-0.05, 0) is 24.5 Å². The van der Waals surface area contributed by atoms with Crippen molar-refractivity contribution in [3.8, 4) is 0 Å². The molecule has 0 amide bonds. The van der Waals surface area contributed by atoms with E-state index in [1.165, 1.54) is 0 Å². The van der Waals surface area contributed by atoms with Crippen molar-refractivity contribution in [1.82, 2.24) is 0 Å². The van der Waals surface area contributed by atoms with Gasteiger partial charge in [0, 0.05) is 5.56 Å². The number of nitrogens with two attached hydrogens (primary N) is 1. The normalized spacial score (nSPS) is 16.6. The van der Waals surface area contributed by atoms with Crippen molar-refractivity contribution in [2.75, 3.05) is 4.72 Å². The highest BCUT2D eigenvalue weighted by atomic mass is 32.2. The van der Waals surface area contributed by atoms with Crippen molar-refractivity contribution >= 4 is 21.7 Å². The molecule has 1 aliphatic rings. The van der Waals surface area contributed by atoms with E-state index in [9.17, 15) is 8.42 Å². The number of aryl methyl sites for hydroxylation is 1. The zero-order valence-corrected chi connectivity index (χ0v) is 11.1. The largest absolute Gasteiger partial charge is 0.382 e. The van der Waals surface area contributed by atoms with Crippen LogP contribution in [0, 0.1) is 0 Å². The lowest BCUT2D eigenvalue weighted by molar-refractivity contribution is 0.602. The number of unbranched alkanes of at least 4 members (excludes halogenated alkanes) is 2. The van der Waals surface area contributed by atoms with Crippen LogP contribution in [-0.2, 0) is 16.6 Å². The third-order valence-electron chi connectivity index (χ3n) is 2.91. The van der Waals surface area contributed by atoms with Gasteiger partial charge in [-0.15, -0.1) is 4.40 Å². The number of fused-ring (bicyclic) bond motifs is 1. The molecule has 0 unspecified atom stereocenters. The van der Waals surface area contributed by atoms with E-state index in [1.807, 2.05) is 12.1 Å². The summed E-state index contributed by atoms with van der Waals surface area (Å²) in [5.41, 5.74) is 8.05. The van der Waals surface area contributed by atoms with Gasteiger partial charge in [-0.3, -0.25) is 4.72 Å². The van der Waals surface area contributed by atoms with E-state index in [4.69, 9.17) is 5.73 Å². The Labute approximate surface area is 107 Å². The third-order valence-corrected chi connectivity index (χ3v) is 3.83. The van der Waals surface area contributed by atoms with E-state index in [0.29, 0.717) is 5.69 Å². The number of benzene rings is 1. The summed E-state index contributed by atoms with van der Waals surface area (Å²) in [5, 5.41) is 0. The van der Waals surface area contributed by atoms with E-state index in [-0.39, 0.29) is 5.84 Å². The first-order valence-corrected chi connectivity index (χ1v) is 7.48. The lowest BCUT2D eigenvalue weighted by Gasteiger charge is -2.18. The minimum absolute atomic E-state index is 0.0795. The average Bonchev–Trinajstić information content (AvgIpc) is 2.27. The maximum Gasteiger partial charge on any atom is 0.344 e. The van der Waals surface area contributed by atoms with Crippen molar-refractivity contribution in [3.63, 3.8) is 0 Å². The van der Waals surface area contributed by atoms with Crippen LogP contribution < -0.4 is 10.5 Å². The van der Waals surface area contributed by atoms with Crippen LogP contribution in [0.15, 0.2) is 22.6 Å². The molecule has 0 atom stereocenters. The summed E-state index contributed by atoms with van der Waals surface area (Å²) < 4.78 is 28.7. The Morgan fingerprint density at radius 2 is 2.11 bits per heavy atom. The number of rotatable bonds is 4. The number of hydrogen-bond donors (Lipinski definition) is 2. The second-order valence-electron chi connectivity index (χ2n) is 4.35. The summed E-state index contributed by atoms with van der Waals surface area (Å²) in [6.07, 6.45) is 4.24. The van der Waals surface area contributed by atoms with E-state index in [1.54, 1.807) is 6.07 Å². The topological polar surface area (TPSA) is 84.5 Å². The summed E-state index contributed by atoms with van der Waals surface area (Å²) in [5.74, 6) is 0.0795. The Balaban J connectivity index is 2.36. The highest BCUT2D eigenvalue weighted by Crippen LogP contribution is 2.26. The lowest BCUT2D eigenvalue weighted by Crippen LogP contribution is -2.27. The maximum absolute atomic E-state index is 11.4. The molecule has 1 heterocycles. The predicted octanol–water partition coefficient (Wildman–Crippen LogP) is 1.79. The van der Waals surface area contributed by atoms with Gasteiger partial charge >= 0.3 is 10.2 Å². The molecule has 1 aromatic carbocycles. The molecule has 1 aromatic rings. The van der Waals surface area contributed by atoms with Gasteiger partial charge in [0.15, 0.2) is 0 Å². The van der Waals surface area contributed by atoms with E-state index >= 15 is 0 Å². The number of nitrogens with zero attached hydrogens (tertiary/aromatic N) is 1. The molecule has 6 heteroatoms. The first-order valence-electron chi connectivity index (χ1n) is 6.04. The minimum Gasteiger partial charge on any atom is -0.382 e. The first-order chi connectivity index (χ1) is 8.53. The average molecular weight is 267 g/mol. The molecule has 0 aromatic heterocycles. The fourth-order valence-corrected chi connectivity index (χ4v) is 2.94. The quantitative estimate of drug-likeness (QED) is 0.816. The zero-order chi connectivity index (χ0) is 13.2. The molecule has 1 aliphatic heterocycles. The van der Waals surface area contributed by atoms with Gasteiger partial charge in [0.1, 0.15) is 5.84 Å². The first kappa shape index (κ1) is 12.9. The molecule has 18 heavy (non-hydrogen) atoms. The van der Waals surface area contributed by atoms with Gasteiger partial charge in [-0.1, -0.05) is 31.9 Å². The summed E-state index contributed by atoms with van der Waals surface area (Å²) in [6, 6.07) is 5.51. The summed E-state index contributed by atoms with van der Waals surface area (Å²) >= 11 is 0. The van der Waals surface area contributed by atoms with Gasteiger partial charge in [-0.25, -0.2) is 0 Å². The second kappa shape index (κ2) is 4.97. The Bertz CT molecular complexity index is 579. The number of anilines is 1. The van der Waals surface area contributed by atoms with Crippen LogP contribution in [-0.4, -0.2) is 14.3 Å². The maximum atomic E-state index is 11.4. The Kier molecular flexibility index (Phi) is 3.56. The minimum atomic E-state index is -3.67. The molecule has 5 nitrogen and oxygen atoms in total. The predicted molar refractivity (Wildman–Crippen MR) is 72.9 cm³/mol. The molecular formula is C12H17N3O2S. The molecule has 98 valence electrons. The summed E-state index contributed by atoms with van der Waals surface area (Å²) in [6.45, 7) is 2.14. The number of hydrogen-bond acceptors (Lipinski definition) is 3. The highest BCUT2D eigenvalue weighted by molar-refractivity contribution is 7.91. The number of nitrogens with one attached hydrogen (secondary N) is 1. The van der Waals surface area contributed by atoms with Crippen molar-refractivity contribution in [2.45, 2.75) is 32.6 Å². The van der Waals surface area contributed by atoms with Crippen LogP contribution >= 0.6 is 0 Å². The van der Waals surface area contributed by atoms with Crippen LogP contribution in [0.3, 0.4) is 0 Å². The Morgan fingerprint density at radius 1 is 1.33 bits per heavy atom. The number of amidine groups is 1. The lowest BCUT2D eigenvalue weighted by atomic mass is 9.99. The molecular weight excluding hydrogens is 250 g/mol. The molecule has 0 bridgehead atoms. The molecule has 0 saturated heterocycles. The molecule has 0 radical (unpaired) electrons. The van der Waals surface area contributed by atoms with Gasteiger partial charge in [0.2, 0.25) is 0 Å². The summed E-state index contributed by atoms with van der Waals surface area (Å²) in [4.78, 5) is 0. The highest BCUT2D eigenvalue weighted by Gasteiger charge is 2.22. The molecule has 0 saturated carbocycles. The van der Waals surface area contributed by atoms with Crippen LogP contribution in [0.25, 0.3) is 0 Å². The van der Waals surface area contributed by atoms with E-state index < -0.39 is 10.2 Å². The fraction of sp³-hybridized carbons (Fsp3) is 0.417. The van der Waals surface area contributed by atoms with Crippen LogP contribution in [0.2, 0.25) is 0 Å². The molecule has 2 rings (SSSR count). The van der Waals surface area contributed by atoms with E-state index in [2.05, 4.69) is 16.0 Å². The molecule has 3 N–H and O–H groups in total. The zero-order valence-electron chi connectivity index (χ0n) is 10.3. The summed E-state index contributed by atoms with van der Waals surface area (Å²) in [7, 11) is -3.67. The molecule has 0 fully saturated rings. The van der Waals surface area contributed by atoms with Crippen molar-refractivity contribution < 1.29 is 8.42 Å². The van der Waals surface area contributed by atoms with Crippen molar-refractivity contribution in [1.29, 1.82) is 0 Å². The smallest absolute Gasteiger partial charge is 0.344 e. The van der Waals surface area contributed by atoms with Gasteiger partial charge < -0.3 is 5.73 Å². The van der Waals surface area contributed by atoms with Crippen LogP contribution in [0.5, 0.6) is 0 Å². The van der Waals surface area contributed by atoms with E-state index in [0.717, 1.165) is 36.8 Å². The van der Waals surface area contributed by atoms with Gasteiger partial charge in [0.25, 0.3) is 0 Å². The fourth-order valence-electron chi connectivity index (χ4n) is 2.10. The molecule has 0 spiro atoms. The van der Waals surface area contributed by atoms with Crippen molar-refractivity contribution in [2.24, 2.45) is 10.1 Å². The van der Waals surface area contributed by atoms with Crippen LogP contribution in [0.1, 0.15) is 37.3 Å². The van der Waals surface area contributed by atoms with Crippen LogP contribution in [0.4, 0.5) is 5.69 Å². The SMILES string of the molecule is CCCCCc1cccc2c1C(N)=NS(=O)(=O)N2. The molecule has 0 aliphatic carbocycles. The second-order valence-corrected chi connectivity index (χ2v) is 5.69. The monoisotopic (exact) mass is 267 g/mol. The third kappa shape index (κ3) is 2.64. The van der Waals surface area contributed by atoms with Crippen molar-refractivity contribution in [3.05, 3.63) is 29.3 Å². The standard InChI is InChI=1S/C12H17N3O2S/c1-2-3-4-6-9-7-5-8-10-11(9)12(13)15-18(16,17)14-10/h5,7-8,14H,2-4,6H2,1H3,(H2,13,15). The van der Waals surface area contributed by atoms with Gasteiger partial charge in [0.05, 0.1) is 5.69 Å². The Morgan fingerprint density at radius 3 is 2.83 bits per heavy atom. The Hall–Kier alpha value is -1.56. The van der Waals surface area contributed by atoms with Gasteiger partial charge in [-0.2, -0.15) is 8.42 Å².